The molecule has 1 aliphatic rings. The van der Waals surface area contributed by atoms with Crippen molar-refractivity contribution in [1.29, 1.82) is 0 Å². The fourth-order valence-electron chi connectivity index (χ4n) is 2.59. The largest absolute Gasteiger partial charge is 0.396 e. The van der Waals surface area contributed by atoms with E-state index in [1.54, 1.807) is 12.4 Å². The van der Waals surface area contributed by atoms with Crippen molar-refractivity contribution >= 4 is 33.1 Å². The van der Waals surface area contributed by atoms with Crippen LogP contribution in [0.3, 0.4) is 0 Å². The maximum atomic E-state index is 6.00. The highest BCUT2D eigenvalue weighted by Gasteiger charge is 2.21. The van der Waals surface area contributed by atoms with Crippen LogP contribution in [-0.2, 0) is 0 Å². The van der Waals surface area contributed by atoms with E-state index in [4.69, 9.17) is 5.73 Å². The van der Waals surface area contributed by atoms with Gasteiger partial charge in [0.15, 0.2) is 0 Å². The number of pyridine rings is 2. The number of anilines is 3. The molecule has 21 heavy (non-hydrogen) atoms. The van der Waals surface area contributed by atoms with Crippen molar-refractivity contribution in [2.75, 3.05) is 41.7 Å². The molecular weight excluding hydrogens is 330 g/mol. The zero-order valence-electron chi connectivity index (χ0n) is 12.0. The van der Waals surface area contributed by atoms with Gasteiger partial charge in [-0.15, -0.1) is 0 Å². The first-order valence-corrected chi connectivity index (χ1v) is 7.76. The quantitative estimate of drug-likeness (QED) is 0.904. The van der Waals surface area contributed by atoms with Crippen LogP contribution in [-0.4, -0.2) is 36.1 Å². The molecular formula is C15H18BrN5. The fourth-order valence-corrected chi connectivity index (χ4v) is 3.08. The van der Waals surface area contributed by atoms with E-state index in [0.717, 1.165) is 47.8 Å². The summed E-state index contributed by atoms with van der Waals surface area (Å²) in [6.45, 7) is 5.80. The van der Waals surface area contributed by atoms with Gasteiger partial charge in [-0.3, -0.25) is 4.98 Å². The van der Waals surface area contributed by atoms with Crippen LogP contribution in [0.4, 0.5) is 17.2 Å². The molecule has 2 aromatic rings. The highest BCUT2D eigenvalue weighted by Crippen LogP contribution is 2.29. The minimum atomic E-state index is 0.737. The Balaban J connectivity index is 1.74. The van der Waals surface area contributed by atoms with Gasteiger partial charge in [0.05, 0.1) is 22.0 Å². The van der Waals surface area contributed by atoms with Gasteiger partial charge in [0, 0.05) is 38.6 Å². The van der Waals surface area contributed by atoms with Gasteiger partial charge < -0.3 is 15.5 Å². The summed E-state index contributed by atoms with van der Waals surface area (Å²) in [5.74, 6) is 1.03. The number of aromatic nitrogens is 2. The number of hydrogen-bond donors (Lipinski definition) is 1. The number of rotatable bonds is 2. The van der Waals surface area contributed by atoms with Gasteiger partial charge in [-0.05, 0) is 40.5 Å². The summed E-state index contributed by atoms with van der Waals surface area (Å²) in [6.07, 6.45) is 5.36. The molecule has 6 heteroatoms. The lowest BCUT2D eigenvalue weighted by atomic mass is 10.2. The van der Waals surface area contributed by atoms with Crippen LogP contribution in [0.2, 0.25) is 0 Å². The molecule has 0 saturated carbocycles. The molecule has 0 radical (unpaired) electrons. The molecule has 0 unspecified atom stereocenters. The fraction of sp³-hybridized carbons (Fsp3) is 0.333. The average molecular weight is 348 g/mol. The summed E-state index contributed by atoms with van der Waals surface area (Å²) >= 11 is 3.64. The van der Waals surface area contributed by atoms with E-state index in [0.29, 0.717) is 0 Å². The first-order chi connectivity index (χ1) is 10.2. The Labute approximate surface area is 132 Å². The van der Waals surface area contributed by atoms with Crippen molar-refractivity contribution in [3.05, 3.63) is 40.8 Å². The zero-order chi connectivity index (χ0) is 14.8. The molecule has 0 spiro atoms. The molecule has 2 N–H and O–H groups in total. The van der Waals surface area contributed by atoms with Crippen LogP contribution in [0.1, 0.15) is 5.56 Å². The second-order valence-corrected chi connectivity index (χ2v) is 5.97. The van der Waals surface area contributed by atoms with Crippen LogP contribution in [0.5, 0.6) is 0 Å². The van der Waals surface area contributed by atoms with Crippen LogP contribution < -0.4 is 15.5 Å². The SMILES string of the molecule is Cc1ccnc(N2CCN(c3ccncc3N)CC2)c1Br. The lowest BCUT2D eigenvalue weighted by Crippen LogP contribution is -2.47. The Morgan fingerprint density at radius 1 is 1.10 bits per heavy atom. The minimum absolute atomic E-state index is 0.737. The van der Waals surface area contributed by atoms with Gasteiger partial charge in [0.25, 0.3) is 0 Å². The third-order valence-electron chi connectivity index (χ3n) is 3.81. The maximum absolute atomic E-state index is 6.00. The number of nitrogen functional groups attached to an aromatic ring is 1. The topological polar surface area (TPSA) is 58.3 Å². The molecule has 110 valence electrons. The highest BCUT2D eigenvalue weighted by atomic mass is 79.9. The van der Waals surface area contributed by atoms with Gasteiger partial charge in [-0.25, -0.2) is 4.98 Å². The number of nitrogens with two attached hydrogens (primary N) is 1. The standard InChI is InChI=1S/C15H18BrN5/c1-11-2-5-19-15(14(11)16)21-8-6-20(7-9-21)13-3-4-18-10-12(13)17/h2-5,10H,6-9,17H2,1H3. The van der Waals surface area contributed by atoms with Crippen molar-refractivity contribution in [3.63, 3.8) is 0 Å². The van der Waals surface area contributed by atoms with Gasteiger partial charge >= 0.3 is 0 Å². The lowest BCUT2D eigenvalue weighted by molar-refractivity contribution is 0.646. The van der Waals surface area contributed by atoms with E-state index < -0.39 is 0 Å². The number of piperazine rings is 1. The maximum Gasteiger partial charge on any atom is 0.143 e. The van der Waals surface area contributed by atoms with E-state index in [9.17, 15) is 0 Å². The molecule has 1 saturated heterocycles. The Kier molecular flexibility index (Phi) is 3.96. The Hall–Kier alpha value is -1.82. The summed E-state index contributed by atoms with van der Waals surface area (Å²) in [5.41, 5.74) is 9.02. The van der Waals surface area contributed by atoms with E-state index in [2.05, 4.69) is 42.6 Å². The second kappa shape index (κ2) is 5.89. The van der Waals surface area contributed by atoms with E-state index in [1.165, 1.54) is 5.56 Å². The van der Waals surface area contributed by atoms with E-state index >= 15 is 0 Å². The molecule has 3 heterocycles. The summed E-state index contributed by atoms with van der Waals surface area (Å²) in [6, 6.07) is 3.99. The molecule has 0 aromatic carbocycles. The van der Waals surface area contributed by atoms with Crippen molar-refractivity contribution in [2.24, 2.45) is 0 Å². The van der Waals surface area contributed by atoms with E-state index in [1.807, 2.05) is 18.3 Å². The predicted octanol–water partition coefficient (Wildman–Crippen LogP) is 2.46. The third kappa shape index (κ3) is 2.81. The third-order valence-corrected chi connectivity index (χ3v) is 4.79. The van der Waals surface area contributed by atoms with Crippen molar-refractivity contribution in [2.45, 2.75) is 6.92 Å². The molecule has 0 amide bonds. The first-order valence-electron chi connectivity index (χ1n) is 6.97. The van der Waals surface area contributed by atoms with Gasteiger partial charge in [-0.2, -0.15) is 0 Å². The van der Waals surface area contributed by atoms with Crippen molar-refractivity contribution in [1.82, 2.24) is 9.97 Å². The van der Waals surface area contributed by atoms with Gasteiger partial charge in [-0.1, -0.05) is 0 Å². The molecule has 0 aliphatic carbocycles. The van der Waals surface area contributed by atoms with Gasteiger partial charge in [0.2, 0.25) is 0 Å². The molecule has 0 bridgehead atoms. The summed E-state index contributed by atoms with van der Waals surface area (Å²) in [4.78, 5) is 13.2. The van der Waals surface area contributed by atoms with Crippen LogP contribution in [0, 0.1) is 6.92 Å². The summed E-state index contributed by atoms with van der Waals surface area (Å²) in [5, 5.41) is 0. The first kappa shape index (κ1) is 14.1. The summed E-state index contributed by atoms with van der Waals surface area (Å²) < 4.78 is 1.09. The molecule has 1 fully saturated rings. The normalized spacial score (nSPS) is 15.3. The van der Waals surface area contributed by atoms with E-state index in [-0.39, 0.29) is 0 Å². The smallest absolute Gasteiger partial charge is 0.143 e. The second-order valence-electron chi connectivity index (χ2n) is 5.17. The number of nitrogens with zero attached hydrogens (tertiary/aromatic N) is 4. The van der Waals surface area contributed by atoms with Crippen LogP contribution >= 0.6 is 15.9 Å². The molecule has 3 rings (SSSR count). The molecule has 5 nitrogen and oxygen atoms in total. The highest BCUT2D eigenvalue weighted by molar-refractivity contribution is 9.10. The average Bonchev–Trinajstić information content (AvgIpc) is 2.51. The predicted molar refractivity (Wildman–Crippen MR) is 89.7 cm³/mol. The Morgan fingerprint density at radius 2 is 1.81 bits per heavy atom. The Morgan fingerprint density at radius 3 is 2.52 bits per heavy atom. The lowest BCUT2D eigenvalue weighted by Gasteiger charge is -2.37. The zero-order valence-corrected chi connectivity index (χ0v) is 13.5. The molecule has 2 aromatic heterocycles. The van der Waals surface area contributed by atoms with Crippen molar-refractivity contribution in [3.8, 4) is 0 Å². The van der Waals surface area contributed by atoms with Crippen molar-refractivity contribution < 1.29 is 0 Å². The molecule has 1 aliphatic heterocycles. The summed E-state index contributed by atoms with van der Waals surface area (Å²) in [7, 11) is 0. The number of aryl methyl sites for hydroxylation is 1. The number of halogens is 1. The van der Waals surface area contributed by atoms with Gasteiger partial charge in [0.1, 0.15) is 5.82 Å². The number of hydrogen-bond acceptors (Lipinski definition) is 5. The molecule has 0 atom stereocenters. The minimum Gasteiger partial charge on any atom is -0.396 e. The monoisotopic (exact) mass is 347 g/mol. The van der Waals surface area contributed by atoms with Crippen LogP contribution in [0.25, 0.3) is 0 Å². The van der Waals surface area contributed by atoms with Crippen LogP contribution in [0.15, 0.2) is 35.2 Å². The Bertz CT molecular complexity index is 638.